The molecule has 0 radical (unpaired) electrons. The van der Waals surface area contributed by atoms with Gasteiger partial charge < -0.3 is 21.3 Å². The zero-order valence-corrected chi connectivity index (χ0v) is 18.1. The number of hydrogen-bond acceptors (Lipinski definition) is 4. The van der Waals surface area contributed by atoms with Crippen LogP contribution >= 0.6 is 0 Å². The standard InChI is InChI=1S/C23H30N4O3/c1-15(2)21(29)26-18-11-9-17(10-12-18)25-20(28)14-24-19-8-6-7-16(13-19)22(30)27-23(3,4)5/h6-13,15,24H,14H2,1-5H3,(H,25,28)(H,26,29)(H,27,30). The third-order valence-corrected chi connectivity index (χ3v) is 4.03. The van der Waals surface area contributed by atoms with Crippen LogP contribution < -0.4 is 21.3 Å². The fourth-order valence-electron chi connectivity index (χ4n) is 2.49. The van der Waals surface area contributed by atoms with Crippen molar-refractivity contribution in [3.8, 4) is 0 Å². The Hall–Kier alpha value is -3.35. The van der Waals surface area contributed by atoms with Crippen LogP contribution in [0.1, 0.15) is 45.0 Å². The first-order chi connectivity index (χ1) is 14.0. The van der Waals surface area contributed by atoms with Crippen LogP contribution in [0.3, 0.4) is 0 Å². The van der Waals surface area contributed by atoms with Crippen molar-refractivity contribution in [2.24, 2.45) is 5.92 Å². The second-order valence-corrected chi connectivity index (χ2v) is 8.41. The van der Waals surface area contributed by atoms with Gasteiger partial charge in [-0.15, -0.1) is 0 Å². The molecule has 7 heteroatoms. The third kappa shape index (κ3) is 7.58. The number of hydrogen-bond donors (Lipinski definition) is 4. The highest BCUT2D eigenvalue weighted by Crippen LogP contribution is 2.15. The Balaban J connectivity index is 1.88. The van der Waals surface area contributed by atoms with Gasteiger partial charge in [0, 0.05) is 34.1 Å². The Morgan fingerprint density at radius 2 is 1.47 bits per heavy atom. The molecular weight excluding hydrogens is 380 g/mol. The highest BCUT2D eigenvalue weighted by atomic mass is 16.2. The van der Waals surface area contributed by atoms with Gasteiger partial charge in [-0.25, -0.2) is 0 Å². The van der Waals surface area contributed by atoms with Gasteiger partial charge in [0.05, 0.1) is 6.54 Å². The van der Waals surface area contributed by atoms with E-state index in [2.05, 4.69) is 21.3 Å². The largest absolute Gasteiger partial charge is 0.376 e. The zero-order valence-electron chi connectivity index (χ0n) is 18.1. The average Bonchev–Trinajstić information content (AvgIpc) is 2.66. The van der Waals surface area contributed by atoms with Gasteiger partial charge in [0.25, 0.3) is 5.91 Å². The lowest BCUT2D eigenvalue weighted by atomic mass is 10.1. The number of nitrogens with one attached hydrogen (secondary N) is 4. The van der Waals surface area contributed by atoms with Gasteiger partial charge in [-0.2, -0.15) is 0 Å². The third-order valence-electron chi connectivity index (χ3n) is 4.03. The summed E-state index contributed by atoms with van der Waals surface area (Å²) in [5, 5.41) is 11.5. The molecule has 0 fully saturated rings. The number of anilines is 3. The summed E-state index contributed by atoms with van der Waals surface area (Å²) in [5.41, 5.74) is 2.18. The van der Waals surface area contributed by atoms with Crippen molar-refractivity contribution in [1.29, 1.82) is 0 Å². The van der Waals surface area contributed by atoms with Crippen molar-refractivity contribution in [2.75, 3.05) is 22.5 Å². The first kappa shape index (κ1) is 22.9. The Morgan fingerprint density at radius 3 is 2.03 bits per heavy atom. The molecule has 4 N–H and O–H groups in total. The van der Waals surface area contributed by atoms with Crippen LogP contribution in [0.25, 0.3) is 0 Å². The van der Waals surface area contributed by atoms with Crippen LogP contribution in [0.2, 0.25) is 0 Å². The fourth-order valence-corrected chi connectivity index (χ4v) is 2.49. The van der Waals surface area contributed by atoms with E-state index in [1.165, 1.54) is 0 Å². The molecule has 7 nitrogen and oxygen atoms in total. The molecule has 0 saturated heterocycles. The molecule has 0 unspecified atom stereocenters. The Bertz CT molecular complexity index is 899. The predicted octanol–water partition coefficient (Wildman–Crippen LogP) is 3.86. The van der Waals surface area contributed by atoms with Gasteiger partial charge in [0.1, 0.15) is 0 Å². The molecule has 0 aliphatic rings. The highest BCUT2D eigenvalue weighted by Gasteiger charge is 2.15. The molecule has 0 aliphatic carbocycles. The van der Waals surface area contributed by atoms with Gasteiger partial charge in [0.15, 0.2) is 0 Å². The SMILES string of the molecule is CC(C)C(=O)Nc1ccc(NC(=O)CNc2cccc(C(=O)NC(C)(C)C)c2)cc1. The van der Waals surface area contributed by atoms with E-state index in [9.17, 15) is 14.4 Å². The molecular formula is C23H30N4O3. The number of carbonyl (C=O) groups is 3. The summed E-state index contributed by atoms with van der Waals surface area (Å²) in [4.78, 5) is 36.2. The minimum absolute atomic E-state index is 0.0518. The highest BCUT2D eigenvalue weighted by molar-refractivity contribution is 5.97. The van der Waals surface area contributed by atoms with Gasteiger partial charge >= 0.3 is 0 Å². The summed E-state index contributed by atoms with van der Waals surface area (Å²) in [6, 6.07) is 13.9. The quantitative estimate of drug-likeness (QED) is 0.557. The first-order valence-electron chi connectivity index (χ1n) is 9.91. The summed E-state index contributed by atoms with van der Waals surface area (Å²) in [6.07, 6.45) is 0. The normalized spacial score (nSPS) is 11.0. The summed E-state index contributed by atoms with van der Waals surface area (Å²) < 4.78 is 0. The molecule has 2 rings (SSSR count). The number of benzene rings is 2. The van der Waals surface area contributed by atoms with Gasteiger partial charge in [-0.05, 0) is 63.2 Å². The minimum Gasteiger partial charge on any atom is -0.376 e. The van der Waals surface area contributed by atoms with E-state index < -0.39 is 0 Å². The Kier molecular flexibility index (Phi) is 7.58. The van der Waals surface area contributed by atoms with Gasteiger partial charge in [-0.1, -0.05) is 19.9 Å². The molecule has 0 saturated carbocycles. The average molecular weight is 411 g/mol. The topological polar surface area (TPSA) is 99.3 Å². The van der Waals surface area contributed by atoms with Gasteiger partial charge in [-0.3, -0.25) is 14.4 Å². The maximum atomic E-state index is 12.3. The monoisotopic (exact) mass is 410 g/mol. The Labute approximate surface area is 177 Å². The van der Waals surface area contributed by atoms with Crippen molar-refractivity contribution < 1.29 is 14.4 Å². The summed E-state index contributed by atoms with van der Waals surface area (Å²) in [5.74, 6) is -0.554. The molecule has 3 amide bonds. The van der Waals surface area contributed by atoms with E-state index in [1.54, 1.807) is 48.5 Å². The molecule has 2 aromatic rings. The van der Waals surface area contributed by atoms with Crippen molar-refractivity contribution in [1.82, 2.24) is 5.32 Å². The minimum atomic E-state index is -0.326. The molecule has 0 aliphatic heterocycles. The van der Waals surface area contributed by atoms with E-state index in [0.29, 0.717) is 22.6 Å². The molecule has 160 valence electrons. The Morgan fingerprint density at radius 1 is 0.867 bits per heavy atom. The lowest BCUT2D eigenvalue weighted by molar-refractivity contribution is -0.119. The van der Waals surface area contributed by atoms with Crippen LogP contribution in [0.4, 0.5) is 17.1 Å². The van der Waals surface area contributed by atoms with Crippen molar-refractivity contribution in [3.63, 3.8) is 0 Å². The zero-order chi connectivity index (χ0) is 22.3. The number of carbonyl (C=O) groups excluding carboxylic acids is 3. The van der Waals surface area contributed by atoms with E-state index in [0.717, 1.165) is 0 Å². The van der Waals surface area contributed by atoms with Crippen LogP contribution in [-0.4, -0.2) is 29.8 Å². The lowest BCUT2D eigenvalue weighted by Gasteiger charge is -2.20. The number of amides is 3. The van der Waals surface area contributed by atoms with Gasteiger partial charge in [0.2, 0.25) is 11.8 Å². The second-order valence-electron chi connectivity index (χ2n) is 8.41. The van der Waals surface area contributed by atoms with Crippen LogP contribution in [0.15, 0.2) is 48.5 Å². The molecule has 0 bridgehead atoms. The van der Waals surface area contributed by atoms with E-state index in [1.807, 2.05) is 34.6 Å². The molecule has 2 aromatic carbocycles. The molecule has 30 heavy (non-hydrogen) atoms. The van der Waals surface area contributed by atoms with E-state index in [4.69, 9.17) is 0 Å². The second kappa shape index (κ2) is 9.91. The van der Waals surface area contributed by atoms with Crippen molar-refractivity contribution in [2.45, 2.75) is 40.2 Å². The predicted molar refractivity (Wildman–Crippen MR) is 121 cm³/mol. The fraction of sp³-hybridized carbons (Fsp3) is 0.348. The summed E-state index contributed by atoms with van der Waals surface area (Å²) in [7, 11) is 0. The smallest absolute Gasteiger partial charge is 0.251 e. The van der Waals surface area contributed by atoms with E-state index in [-0.39, 0.29) is 35.7 Å². The maximum Gasteiger partial charge on any atom is 0.251 e. The molecule has 0 aromatic heterocycles. The summed E-state index contributed by atoms with van der Waals surface area (Å²) >= 11 is 0. The summed E-state index contributed by atoms with van der Waals surface area (Å²) in [6.45, 7) is 9.45. The van der Waals surface area contributed by atoms with Crippen LogP contribution in [-0.2, 0) is 9.59 Å². The van der Waals surface area contributed by atoms with Crippen LogP contribution in [0.5, 0.6) is 0 Å². The molecule has 0 spiro atoms. The lowest BCUT2D eigenvalue weighted by Crippen LogP contribution is -2.40. The van der Waals surface area contributed by atoms with E-state index >= 15 is 0 Å². The van der Waals surface area contributed by atoms with Crippen molar-refractivity contribution >= 4 is 34.8 Å². The first-order valence-corrected chi connectivity index (χ1v) is 9.91. The maximum absolute atomic E-state index is 12.3. The molecule has 0 atom stereocenters. The van der Waals surface area contributed by atoms with Crippen molar-refractivity contribution in [3.05, 3.63) is 54.1 Å². The number of rotatable bonds is 7. The molecule has 0 heterocycles. The van der Waals surface area contributed by atoms with Crippen LogP contribution in [0, 0.1) is 5.92 Å².